The van der Waals surface area contributed by atoms with Crippen molar-refractivity contribution in [3.63, 3.8) is 0 Å². The summed E-state index contributed by atoms with van der Waals surface area (Å²) >= 11 is 0.355. The molecule has 1 saturated heterocycles. The van der Waals surface area contributed by atoms with Gasteiger partial charge in [0.2, 0.25) is 5.91 Å². The van der Waals surface area contributed by atoms with E-state index < -0.39 is 17.1 Å². The van der Waals surface area contributed by atoms with Gasteiger partial charge in [-0.15, -0.1) is 11.3 Å². The Balaban J connectivity index is 1.60. The van der Waals surface area contributed by atoms with Crippen LogP contribution in [0.3, 0.4) is 0 Å². The number of rotatable bonds is 4. The van der Waals surface area contributed by atoms with Crippen molar-refractivity contribution in [3.8, 4) is 0 Å². The molecule has 0 spiro atoms. The van der Waals surface area contributed by atoms with Crippen LogP contribution in [0.15, 0.2) is 30.3 Å². The Hall–Kier alpha value is -2.69. The van der Waals surface area contributed by atoms with E-state index in [2.05, 4.69) is 22.0 Å². The van der Waals surface area contributed by atoms with Gasteiger partial charge < -0.3 is 10.2 Å². The van der Waals surface area contributed by atoms with Crippen LogP contribution in [-0.4, -0.2) is 44.6 Å². The zero-order chi connectivity index (χ0) is 18.2. The summed E-state index contributed by atoms with van der Waals surface area (Å²) in [6.07, 6.45) is -1.73. The zero-order valence-electron chi connectivity index (χ0n) is 12.7. The number of hydrogen-bond donors (Lipinski definition) is 1. The molecule has 11 heteroatoms. The van der Waals surface area contributed by atoms with Crippen LogP contribution >= 0.6 is 11.3 Å². The highest BCUT2D eigenvalue weighted by molar-refractivity contribution is 7.10. The monoisotopic (exact) mass is 371 g/mol. The van der Waals surface area contributed by atoms with E-state index in [4.69, 9.17) is 0 Å². The number of anilines is 1. The van der Waals surface area contributed by atoms with Gasteiger partial charge in [0.25, 0.3) is 5.91 Å². The number of alkyl halides is 3. The molecule has 0 unspecified atom stereocenters. The smallest absolute Gasteiger partial charge is 0.335 e. The lowest BCUT2D eigenvalue weighted by Crippen LogP contribution is -2.50. The van der Waals surface area contributed by atoms with Gasteiger partial charge in [0, 0.05) is 30.7 Å². The quantitative estimate of drug-likeness (QED) is 0.836. The highest BCUT2D eigenvalue weighted by atomic mass is 32.1. The second-order valence-corrected chi connectivity index (χ2v) is 6.13. The van der Waals surface area contributed by atoms with Gasteiger partial charge in [0.05, 0.1) is 6.04 Å². The van der Waals surface area contributed by atoms with Crippen LogP contribution in [0.5, 0.6) is 0 Å². The predicted molar refractivity (Wildman–Crippen MR) is 83.1 cm³/mol. The van der Waals surface area contributed by atoms with Crippen LogP contribution in [0.25, 0.3) is 0 Å². The summed E-state index contributed by atoms with van der Waals surface area (Å²) in [6.45, 7) is 4.35. The van der Waals surface area contributed by atoms with Crippen molar-refractivity contribution in [2.24, 2.45) is 0 Å². The number of nitrogens with one attached hydrogen (secondary N) is 1. The summed E-state index contributed by atoms with van der Waals surface area (Å²) in [5.41, 5.74) is -0.321. The molecule has 3 rings (SSSR count). The predicted octanol–water partition coefficient (Wildman–Crippen LogP) is 2.18. The van der Waals surface area contributed by atoms with Crippen molar-refractivity contribution in [3.05, 3.63) is 41.0 Å². The number of carbonyl (C=O) groups is 2. The van der Waals surface area contributed by atoms with Gasteiger partial charge in [0.15, 0.2) is 10.8 Å². The van der Waals surface area contributed by atoms with E-state index in [1.807, 2.05) is 0 Å². The molecule has 7 nitrogen and oxygen atoms in total. The summed E-state index contributed by atoms with van der Waals surface area (Å²) in [7, 11) is 0. The molecule has 1 fully saturated rings. The Morgan fingerprint density at radius 2 is 2.12 bits per heavy atom. The fourth-order valence-electron chi connectivity index (χ4n) is 2.23. The van der Waals surface area contributed by atoms with E-state index in [0.29, 0.717) is 24.4 Å². The molecule has 0 aromatic carbocycles. The third-order valence-corrected chi connectivity index (χ3v) is 4.44. The van der Waals surface area contributed by atoms with E-state index >= 15 is 0 Å². The largest absolute Gasteiger partial charge is 0.443 e. The van der Waals surface area contributed by atoms with Crippen LogP contribution in [0.1, 0.15) is 21.5 Å². The molecule has 0 radical (unpaired) electrons. The van der Waals surface area contributed by atoms with Crippen LogP contribution in [-0.2, 0) is 11.0 Å². The molecule has 0 saturated carbocycles. The maximum atomic E-state index is 12.5. The topological polar surface area (TPSA) is 80.1 Å². The SMILES string of the molecule is C=CC(=O)N1CC(n2ccc(NC(=O)c3csc(C(F)(F)F)n3)n2)C1. The number of thiazole rings is 1. The minimum absolute atomic E-state index is 0.0225. The summed E-state index contributed by atoms with van der Waals surface area (Å²) in [5, 5.41) is 6.51. The molecule has 2 aromatic rings. The van der Waals surface area contributed by atoms with E-state index in [-0.39, 0.29) is 23.5 Å². The first-order valence-corrected chi connectivity index (χ1v) is 7.96. The lowest BCUT2D eigenvalue weighted by molar-refractivity contribution is -0.137. The van der Waals surface area contributed by atoms with Crippen LogP contribution in [0.4, 0.5) is 19.0 Å². The van der Waals surface area contributed by atoms with Gasteiger partial charge >= 0.3 is 6.18 Å². The number of aromatic nitrogens is 3. The van der Waals surface area contributed by atoms with Crippen LogP contribution in [0, 0.1) is 0 Å². The molecule has 2 amide bonds. The van der Waals surface area contributed by atoms with Gasteiger partial charge in [0.1, 0.15) is 5.69 Å². The van der Waals surface area contributed by atoms with Gasteiger partial charge in [-0.05, 0) is 6.08 Å². The molecular weight excluding hydrogens is 359 g/mol. The maximum absolute atomic E-state index is 12.5. The second-order valence-electron chi connectivity index (χ2n) is 5.27. The van der Waals surface area contributed by atoms with Gasteiger partial charge in [-0.1, -0.05) is 6.58 Å². The number of halogens is 3. The molecule has 3 heterocycles. The molecule has 0 aliphatic carbocycles. The number of carbonyl (C=O) groups excluding carboxylic acids is 2. The Labute approximate surface area is 143 Å². The molecule has 25 heavy (non-hydrogen) atoms. The normalized spacial score (nSPS) is 14.9. The van der Waals surface area contributed by atoms with Crippen molar-refractivity contribution < 1.29 is 22.8 Å². The fraction of sp³-hybridized carbons (Fsp3) is 0.286. The van der Waals surface area contributed by atoms with Crippen molar-refractivity contribution in [2.75, 3.05) is 18.4 Å². The maximum Gasteiger partial charge on any atom is 0.443 e. The molecule has 1 N–H and O–H groups in total. The van der Waals surface area contributed by atoms with Gasteiger partial charge in [-0.25, -0.2) is 4.98 Å². The summed E-state index contributed by atoms with van der Waals surface area (Å²) in [4.78, 5) is 28.2. The summed E-state index contributed by atoms with van der Waals surface area (Å²) in [6, 6.07) is 1.50. The molecule has 0 bridgehead atoms. The number of hydrogen-bond acceptors (Lipinski definition) is 5. The van der Waals surface area contributed by atoms with E-state index in [1.165, 1.54) is 12.1 Å². The number of amides is 2. The second kappa shape index (κ2) is 6.31. The van der Waals surface area contributed by atoms with E-state index in [9.17, 15) is 22.8 Å². The molecule has 1 aliphatic rings. The van der Waals surface area contributed by atoms with Crippen molar-refractivity contribution in [1.82, 2.24) is 19.7 Å². The fourth-order valence-corrected chi connectivity index (χ4v) is 2.90. The summed E-state index contributed by atoms with van der Waals surface area (Å²) in [5.74, 6) is -0.741. The van der Waals surface area contributed by atoms with Crippen molar-refractivity contribution in [2.45, 2.75) is 12.2 Å². The molecule has 132 valence electrons. The Kier molecular flexibility index (Phi) is 4.33. The van der Waals surface area contributed by atoms with Crippen LogP contribution < -0.4 is 5.32 Å². The Morgan fingerprint density at radius 3 is 2.72 bits per heavy atom. The van der Waals surface area contributed by atoms with Crippen molar-refractivity contribution >= 4 is 29.0 Å². The first kappa shape index (κ1) is 17.1. The number of likely N-dealkylation sites (tertiary alicyclic amines) is 1. The average Bonchev–Trinajstić information content (AvgIpc) is 3.14. The van der Waals surface area contributed by atoms with Gasteiger partial charge in [-0.3, -0.25) is 14.3 Å². The highest BCUT2D eigenvalue weighted by Crippen LogP contribution is 2.31. The Morgan fingerprint density at radius 1 is 1.40 bits per heavy atom. The number of nitrogens with zero attached hydrogens (tertiary/aromatic N) is 4. The first-order valence-electron chi connectivity index (χ1n) is 7.08. The Bertz CT molecular complexity index is 823. The average molecular weight is 371 g/mol. The molecule has 1 aliphatic heterocycles. The minimum Gasteiger partial charge on any atom is -0.335 e. The molecular formula is C14H12F3N5O2S. The zero-order valence-corrected chi connectivity index (χ0v) is 13.5. The molecule has 0 atom stereocenters. The van der Waals surface area contributed by atoms with Crippen LogP contribution in [0.2, 0.25) is 0 Å². The van der Waals surface area contributed by atoms with E-state index in [0.717, 1.165) is 5.38 Å². The molecule has 2 aromatic heterocycles. The summed E-state index contributed by atoms with van der Waals surface area (Å²) < 4.78 is 39.1. The van der Waals surface area contributed by atoms with E-state index in [1.54, 1.807) is 15.8 Å². The minimum atomic E-state index is -4.58. The highest BCUT2D eigenvalue weighted by Gasteiger charge is 2.35. The lowest BCUT2D eigenvalue weighted by atomic mass is 10.1. The lowest BCUT2D eigenvalue weighted by Gasteiger charge is -2.38. The third-order valence-electron chi connectivity index (χ3n) is 3.55. The first-order chi connectivity index (χ1) is 11.8. The van der Waals surface area contributed by atoms with Gasteiger partial charge in [-0.2, -0.15) is 18.3 Å². The standard InChI is InChI=1S/C14H12F3N5O2S/c1-2-11(23)21-5-8(6-21)22-4-3-10(20-22)19-12(24)9-7-25-13(18-9)14(15,16)17/h2-4,7-8H,1,5-6H2,(H,19,20,24). The van der Waals surface area contributed by atoms with Crippen molar-refractivity contribution in [1.29, 1.82) is 0 Å². The third kappa shape index (κ3) is 3.55.